The normalized spacial score (nSPS) is 11.5. The minimum Gasteiger partial charge on any atom is -0.506 e. The van der Waals surface area contributed by atoms with E-state index in [0.717, 1.165) is 0 Å². The second-order valence-corrected chi connectivity index (χ2v) is 5.79. The number of aromatic hydroxyl groups is 1. The SMILES string of the molecule is O=S(=O)(O)c1c(Nc2ccnnn2)cc2ccccc2c1O. The molecule has 0 amide bonds. The van der Waals surface area contributed by atoms with Gasteiger partial charge < -0.3 is 10.4 Å². The number of aromatic nitrogens is 3. The Morgan fingerprint density at radius 2 is 1.91 bits per heavy atom. The van der Waals surface area contributed by atoms with Crippen LogP contribution in [0.25, 0.3) is 10.8 Å². The van der Waals surface area contributed by atoms with Gasteiger partial charge in [-0.2, -0.15) is 8.42 Å². The smallest absolute Gasteiger partial charge is 0.300 e. The number of hydrogen-bond donors (Lipinski definition) is 3. The van der Waals surface area contributed by atoms with Gasteiger partial charge in [-0.05, 0) is 16.7 Å². The quantitative estimate of drug-likeness (QED) is 0.623. The van der Waals surface area contributed by atoms with Gasteiger partial charge in [-0.1, -0.05) is 24.3 Å². The first-order valence-corrected chi connectivity index (χ1v) is 7.54. The molecule has 3 rings (SSSR count). The molecule has 0 saturated carbocycles. The molecule has 9 heteroatoms. The van der Waals surface area contributed by atoms with Gasteiger partial charge in [0.25, 0.3) is 10.1 Å². The predicted octanol–water partition coefficient (Wildman–Crippen LogP) is 1.72. The van der Waals surface area contributed by atoms with E-state index in [0.29, 0.717) is 10.8 Å². The predicted molar refractivity (Wildman–Crippen MR) is 78.5 cm³/mol. The van der Waals surface area contributed by atoms with Crippen molar-refractivity contribution in [2.75, 3.05) is 5.32 Å². The van der Waals surface area contributed by atoms with Gasteiger partial charge in [0.05, 0.1) is 11.9 Å². The van der Waals surface area contributed by atoms with Gasteiger partial charge >= 0.3 is 0 Å². The maximum absolute atomic E-state index is 11.6. The van der Waals surface area contributed by atoms with Crippen LogP contribution in [0.5, 0.6) is 5.75 Å². The number of anilines is 2. The molecule has 0 radical (unpaired) electrons. The van der Waals surface area contributed by atoms with Gasteiger partial charge in [-0.3, -0.25) is 4.55 Å². The number of rotatable bonds is 3. The van der Waals surface area contributed by atoms with E-state index in [1.54, 1.807) is 24.3 Å². The summed E-state index contributed by atoms with van der Waals surface area (Å²) in [5.41, 5.74) is -0.0146. The van der Waals surface area contributed by atoms with Gasteiger partial charge in [0, 0.05) is 11.5 Å². The Kier molecular flexibility index (Phi) is 3.35. The first kappa shape index (κ1) is 14.2. The third-order valence-corrected chi connectivity index (χ3v) is 3.93. The van der Waals surface area contributed by atoms with Crippen molar-refractivity contribution in [3.8, 4) is 5.75 Å². The molecule has 0 fully saturated rings. The zero-order valence-electron chi connectivity index (χ0n) is 11.0. The second-order valence-electron chi connectivity index (χ2n) is 4.43. The molecule has 112 valence electrons. The van der Waals surface area contributed by atoms with Crippen LogP contribution in [-0.4, -0.2) is 33.5 Å². The summed E-state index contributed by atoms with van der Waals surface area (Å²) in [6.45, 7) is 0. The Morgan fingerprint density at radius 3 is 2.59 bits per heavy atom. The number of fused-ring (bicyclic) bond motifs is 1. The molecule has 0 spiro atoms. The zero-order chi connectivity index (χ0) is 15.7. The average molecular weight is 318 g/mol. The fourth-order valence-corrected chi connectivity index (χ4v) is 2.85. The highest BCUT2D eigenvalue weighted by Gasteiger charge is 2.23. The van der Waals surface area contributed by atoms with Crippen molar-refractivity contribution < 1.29 is 18.1 Å². The Labute approximate surface area is 125 Å². The minimum atomic E-state index is -4.65. The Balaban J connectivity index is 2.28. The number of phenols is 1. The van der Waals surface area contributed by atoms with Crippen molar-refractivity contribution in [3.63, 3.8) is 0 Å². The van der Waals surface area contributed by atoms with Crippen LogP contribution in [0.3, 0.4) is 0 Å². The summed E-state index contributed by atoms with van der Waals surface area (Å²) in [6.07, 6.45) is 1.36. The molecule has 0 bridgehead atoms. The molecular weight excluding hydrogens is 308 g/mol. The van der Waals surface area contributed by atoms with Crippen molar-refractivity contribution in [1.82, 2.24) is 15.4 Å². The average Bonchev–Trinajstić information content (AvgIpc) is 2.47. The van der Waals surface area contributed by atoms with E-state index in [-0.39, 0.29) is 11.5 Å². The first-order chi connectivity index (χ1) is 10.5. The summed E-state index contributed by atoms with van der Waals surface area (Å²) in [5.74, 6) is -0.320. The molecular formula is C13H10N4O4S. The molecule has 22 heavy (non-hydrogen) atoms. The third kappa shape index (κ3) is 2.54. The van der Waals surface area contributed by atoms with Gasteiger partial charge in [0.1, 0.15) is 5.75 Å². The van der Waals surface area contributed by atoms with Crippen LogP contribution in [0.4, 0.5) is 11.5 Å². The van der Waals surface area contributed by atoms with E-state index < -0.39 is 20.8 Å². The molecule has 8 nitrogen and oxygen atoms in total. The van der Waals surface area contributed by atoms with Gasteiger partial charge in [-0.15, -0.1) is 10.2 Å². The standard InChI is InChI=1S/C13H10N4O4S/c18-12-9-4-2-1-3-8(9)7-10(13(12)22(19,20)21)15-11-5-6-14-17-16-11/h1-7,18H,(H,14,15,16)(H,19,20,21). The topological polar surface area (TPSA) is 125 Å². The van der Waals surface area contributed by atoms with Crippen LogP contribution >= 0.6 is 0 Å². The van der Waals surface area contributed by atoms with Gasteiger partial charge in [-0.25, -0.2) is 0 Å². The molecule has 0 aliphatic rings. The number of hydrogen-bond acceptors (Lipinski definition) is 7. The van der Waals surface area contributed by atoms with Crippen molar-refractivity contribution >= 4 is 32.4 Å². The lowest BCUT2D eigenvalue weighted by Gasteiger charge is -2.13. The van der Waals surface area contributed by atoms with Crippen molar-refractivity contribution in [1.29, 1.82) is 0 Å². The van der Waals surface area contributed by atoms with E-state index in [4.69, 9.17) is 0 Å². The lowest BCUT2D eigenvalue weighted by molar-refractivity contribution is 0.449. The number of nitrogens with zero attached hydrogens (tertiary/aromatic N) is 3. The molecule has 3 N–H and O–H groups in total. The van der Waals surface area contributed by atoms with Crippen LogP contribution < -0.4 is 5.32 Å². The molecule has 0 aliphatic carbocycles. The lowest BCUT2D eigenvalue weighted by Crippen LogP contribution is -2.05. The summed E-state index contributed by atoms with van der Waals surface area (Å²) >= 11 is 0. The molecule has 0 aliphatic heterocycles. The highest BCUT2D eigenvalue weighted by Crippen LogP contribution is 2.38. The summed E-state index contributed by atoms with van der Waals surface area (Å²) in [6, 6.07) is 9.59. The third-order valence-electron chi connectivity index (χ3n) is 3.00. The molecule has 1 aromatic heterocycles. The lowest BCUT2D eigenvalue weighted by atomic mass is 10.1. The van der Waals surface area contributed by atoms with E-state index in [1.165, 1.54) is 18.3 Å². The fourth-order valence-electron chi connectivity index (χ4n) is 2.11. The summed E-state index contributed by atoms with van der Waals surface area (Å²) in [5, 5.41) is 24.4. The number of nitrogens with one attached hydrogen (secondary N) is 1. The Hall–Kier alpha value is -2.78. The molecule has 0 atom stereocenters. The first-order valence-electron chi connectivity index (χ1n) is 6.10. The maximum atomic E-state index is 11.6. The maximum Gasteiger partial charge on any atom is 0.300 e. The van der Waals surface area contributed by atoms with Crippen LogP contribution in [-0.2, 0) is 10.1 Å². The summed E-state index contributed by atoms with van der Waals surface area (Å²) in [7, 11) is -4.65. The van der Waals surface area contributed by atoms with Gasteiger partial charge in [0.2, 0.25) is 0 Å². The summed E-state index contributed by atoms with van der Waals surface area (Å²) < 4.78 is 32.6. The second kappa shape index (κ2) is 5.20. The Bertz CT molecular complexity index is 945. The van der Waals surface area contributed by atoms with E-state index >= 15 is 0 Å². The fraction of sp³-hybridized carbons (Fsp3) is 0. The van der Waals surface area contributed by atoms with E-state index in [9.17, 15) is 18.1 Å². The zero-order valence-corrected chi connectivity index (χ0v) is 11.8. The molecule has 3 aromatic rings. The molecule has 1 heterocycles. The number of phenolic OH excluding ortho intramolecular Hbond substituents is 1. The molecule has 0 unspecified atom stereocenters. The highest BCUT2D eigenvalue weighted by molar-refractivity contribution is 7.86. The van der Waals surface area contributed by atoms with Crippen molar-refractivity contribution in [3.05, 3.63) is 42.6 Å². The van der Waals surface area contributed by atoms with E-state index in [2.05, 4.69) is 20.7 Å². The highest BCUT2D eigenvalue weighted by atomic mass is 32.2. The van der Waals surface area contributed by atoms with Crippen LogP contribution in [0.15, 0.2) is 47.5 Å². The van der Waals surface area contributed by atoms with Crippen molar-refractivity contribution in [2.45, 2.75) is 4.90 Å². The molecule has 0 saturated heterocycles. The van der Waals surface area contributed by atoms with Crippen LogP contribution in [0.1, 0.15) is 0 Å². The van der Waals surface area contributed by atoms with Crippen LogP contribution in [0.2, 0.25) is 0 Å². The monoisotopic (exact) mass is 318 g/mol. The van der Waals surface area contributed by atoms with E-state index in [1.807, 2.05) is 0 Å². The largest absolute Gasteiger partial charge is 0.506 e. The summed E-state index contributed by atoms with van der Waals surface area (Å²) in [4.78, 5) is -0.621. The molecule has 2 aromatic carbocycles. The van der Waals surface area contributed by atoms with Crippen LogP contribution in [0, 0.1) is 0 Å². The van der Waals surface area contributed by atoms with Gasteiger partial charge in [0.15, 0.2) is 10.7 Å². The van der Waals surface area contributed by atoms with Crippen molar-refractivity contribution in [2.24, 2.45) is 0 Å². The number of benzene rings is 2. The minimum absolute atomic E-state index is 0.0146. The Morgan fingerprint density at radius 1 is 1.14 bits per heavy atom.